The van der Waals surface area contributed by atoms with Gasteiger partial charge < -0.3 is 5.32 Å². The Bertz CT molecular complexity index is 685. The van der Waals surface area contributed by atoms with Crippen molar-refractivity contribution in [3.63, 3.8) is 0 Å². The second-order valence-corrected chi connectivity index (χ2v) is 8.98. The fraction of sp³-hybridized carbons (Fsp3) is 0.611. The SMILES string of the molecule is CC1CCCCC1NC(=O)c1cccc(S(=O)(=O)N(C)C(C)C)c1. The number of hydrogen-bond donors (Lipinski definition) is 1. The molecule has 0 spiro atoms. The Labute approximate surface area is 145 Å². The van der Waals surface area contributed by atoms with Gasteiger partial charge in [0.05, 0.1) is 4.90 Å². The van der Waals surface area contributed by atoms with Gasteiger partial charge in [0.2, 0.25) is 10.0 Å². The smallest absolute Gasteiger partial charge is 0.251 e. The van der Waals surface area contributed by atoms with E-state index in [1.165, 1.54) is 22.9 Å². The van der Waals surface area contributed by atoms with Gasteiger partial charge in [0.1, 0.15) is 0 Å². The third-order valence-electron chi connectivity index (χ3n) is 4.93. The average Bonchev–Trinajstić information content (AvgIpc) is 2.56. The van der Waals surface area contributed by atoms with Gasteiger partial charge in [-0.15, -0.1) is 0 Å². The number of carbonyl (C=O) groups excluding carboxylic acids is 1. The first-order valence-electron chi connectivity index (χ1n) is 8.62. The van der Waals surface area contributed by atoms with E-state index in [2.05, 4.69) is 12.2 Å². The van der Waals surface area contributed by atoms with Crippen molar-refractivity contribution in [2.45, 2.75) is 63.4 Å². The fourth-order valence-electron chi connectivity index (χ4n) is 3.02. The first-order chi connectivity index (χ1) is 11.2. The van der Waals surface area contributed by atoms with Gasteiger partial charge in [-0.1, -0.05) is 25.8 Å². The minimum atomic E-state index is -3.58. The Morgan fingerprint density at radius 2 is 1.92 bits per heavy atom. The van der Waals surface area contributed by atoms with E-state index < -0.39 is 10.0 Å². The van der Waals surface area contributed by atoms with Gasteiger partial charge >= 0.3 is 0 Å². The summed E-state index contributed by atoms with van der Waals surface area (Å²) in [6.45, 7) is 5.79. The molecule has 0 aliphatic heterocycles. The zero-order chi connectivity index (χ0) is 17.9. The van der Waals surface area contributed by atoms with Crippen LogP contribution < -0.4 is 5.32 Å². The molecule has 0 radical (unpaired) electrons. The maximum absolute atomic E-state index is 12.6. The van der Waals surface area contributed by atoms with Crippen molar-refractivity contribution in [2.24, 2.45) is 5.92 Å². The summed E-state index contributed by atoms with van der Waals surface area (Å²) in [5.41, 5.74) is 0.394. The lowest BCUT2D eigenvalue weighted by Crippen LogP contribution is -2.41. The summed E-state index contributed by atoms with van der Waals surface area (Å²) in [5.74, 6) is 0.264. The zero-order valence-corrected chi connectivity index (χ0v) is 15.8. The van der Waals surface area contributed by atoms with E-state index in [0.29, 0.717) is 11.5 Å². The molecule has 1 aromatic rings. The molecule has 5 nitrogen and oxygen atoms in total. The normalized spacial score (nSPS) is 21.9. The Hall–Kier alpha value is -1.40. The predicted molar refractivity (Wildman–Crippen MR) is 95.4 cm³/mol. The number of amides is 1. The van der Waals surface area contributed by atoms with E-state index in [1.54, 1.807) is 19.2 Å². The van der Waals surface area contributed by atoms with Gasteiger partial charge in [0.15, 0.2) is 0 Å². The minimum absolute atomic E-state index is 0.143. The van der Waals surface area contributed by atoms with E-state index in [9.17, 15) is 13.2 Å². The Balaban J connectivity index is 2.19. The lowest BCUT2D eigenvalue weighted by atomic mass is 9.86. The van der Waals surface area contributed by atoms with Gasteiger partial charge in [-0.25, -0.2) is 8.42 Å². The minimum Gasteiger partial charge on any atom is -0.349 e. The maximum atomic E-state index is 12.6. The second kappa shape index (κ2) is 7.66. The van der Waals surface area contributed by atoms with Crippen molar-refractivity contribution >= 4 is 15.9 Å². The largest absolute Gasteiger partial charge is 0.349 e. The molecule has 2 unspecified atom stereocenters. The molecule has 1 saturated carbocycles. The van der Waals surface area contributed by atoms with Gasteiger partial charge in [0, 0.05) is 24.7 Å². The Kier molecular flexibility index (Phi) is 6.04. The third-order valence-corrected chi connectivity index (χ3v) is 6.96. The van der Waals surface area contributed by atoms with Crippen LogP contribution in [-0.2, 0) is 10.0 Å². The molecule has 1 aliphatic carbocycles. The molecule has 0 saturated heterocycles. The molecule has 1 aromatic carbocycles. The van der Waals surface area contributed by atoms with Crippen LogP contribution in [0.2, 0.25) is 0 Å². The molecular formula is C18H28N2O3S. The van der Waals surface area contributed by atoms with Crippen LogP contribution in [0.4, 0.5) is 0 Å². The molecule has 1 fully saturated rings. The summed E-state index contributed by atoms with van der Waals surface area (Å²) in [6.07, 6.45) is 4.45. The van der Waals surface area contributed by atoms with Crippen LogP contribution in [0.25, 0.3) is 0 Å². The molecule has 2 rings (SSSR count). The number of rotatable bonds is 5. The van der Waals surface area contributed by atoms with E-state index in [1.807, 2.05) is 13.8 Å². The van der Waals surface area contributed by atoms with Gasteiger partial charge in [0.25, 0.3) is 5.91 Å². The Morgan fingerprint density at radius 1 is 1.25 bits per heavy atom. The van der Waals surface area contributed by atoms with E-state index in [0.717, 1.165) is 19.3 Å². The van der Waals surface area contributed by atoms with Crippen molar-refractivity contribution in [2.75, 3.05) is 7.05 Å². The quantitative estimate of drug-likeness (QED) is 0.886. The van der Waals surface area contributed by atoms with Crippen LogP contribution in [-0.4, -0.2) is 37.8 Å². The van der Waals surface area contributed by atoms with Crippen LogP contribution >= 0.6 is 0 Å². The monoisotopic (exact) mass is 352 g/mol. The number of sulfonamides is 1. The first-order valence-corrected chi connectivity index (χ1v) is 10.1. The van der Waals surface area contributed by atoms with Crippen LogP contribution in [0.1, 0.15) is 56.8 Å². The highest BCUT2D eigenvalue weighted by Crippen LogP contribution is 2.24. The number of benzene rings is 1. The molecule has 1 amide bonds. The lowest BCUT2D eigenvalue weighted by molar-refractivity contribution is 0.0910. The highest BCUT2D eigenvalue weighted by Gasteiger charge is 2.26. The molecule has 24 heavy (non-hydrogen) atoms. The van der Waals surface area contributed by atoms with Crippen LogP contribution in [0.3, 0.4) is 0 Å². The molecule has 6 heteroatoms. The predicted octanol–water partition coefficient (Wildman–Crippen LogP) is 3.02. The molecular weight excluding hydrogens is 324 g/mol. The molecule has 1 aliphatic rings. The Morgan fingerprint density at radius 3 is 2.54 bits per heavy atom. The first kappa shape index (κ1) is 18.9. The summed E-state index contributed by atoms with van der Waals surface area (Å²) < 4.78 is 26.5. The lowest BCUT2D eigenvalue weighted by Gasteiger charge is -2.29. The van der Waals surface area contributed by atoms with E-state index in [-0.39, 0.29) is 22.9 Å². The number of nitrogens with one attached hydrogen (secondary N) is 1. The van der Waals surface area contributed by atoms with Crippen molar-refractivity contribution in [1.82, 2.24) is 9.62 Å². The average molecular weight is 353 g/mol. The van der Waals surface area contributed by atoms with Crippen molar-refractivity contribution < 1.29 is 13.2 Å². The fourth-order valence-corrected chi connectivity index (χ4v) is 4.44. The van der Waals surface area contributed by atoms with Gasteiger partial charge in [-0.2, -0.15) is 4.31 Å². The number of carbonyl (C=O) groups is 1. The third kappa shape index (κ3) is 4.16. The van der Waals surface area contributed by atoms with Crippen LogP contribution in [0.15, 0.2) is 29.2 Å². The molecule has 0 heterocycles. The van der Waals surface area contributed by atoms with Crippen LogP contribution in [0.5, 0.6) is 0 Å². The van der Waals surface area contributed by atoms with Gasteiger partial charge in [-0.3, -0.25) is 4.79 Å². The summed E-state index contributed by atoms with van der Waals surface area (Å²) in [7, 11) is -2.03. The standard InChI is InChI=1S/C18H28N2O3S/c1-13(2)20(4)24(22,23)16-10-7-9-15(12-16)18(21)19-17-11-6-5-8-14(17)3/h7,9-10,12-14,17H,5-6,8,11H2,1-4H3,(H,19,21). The molecule has 0 bridgehead atoms. The molecule has 1 N–H and O–H groups in total. The molecule has 2 atom stereocenters. The highest BCUT2D eigenvalue weighted by atomic mass is 32.2. The van der Waals surface area contributed by atoms with Crippen molar-refractivity contribution in [3.8, 4) is 0 Å². The maximum Gasteiger partial charge on any atom is 0.251 e. The van der Waals surface area contributed by atoms with E-state index in [4.69, 9.17) is 0 Å². The van der Waals surface area contributed by atoms with Crippen LogP contribution in [0, 0.1) is 5.92 Å². The highest BCUT2D eigenvalue weighted by molar-refractivity contribution is 7.89. The summed E-state index contributed by atoms with van der Waals surface area (Å²) >= 11 is 0. The summed E-state index contributed by atoms with van der Waals surface area (Å²) in [6, 6.07) is 6.32. The topological polar surface area (TPSA) is 66.5 Å². The van der Waals surface area contributed by atoms with Crippen molar-refractivity contribution in [3.05, 3.63) is 29.8 Å². The number of hydrogen-bond acceptors (Lipinski definition) is 3. The number of nitrogens with zero attached hydrogens (tertiary/aromatic N) is 1. The van der Waals surface area contributed by atoms with Crippen molar-refractivity contribution in [1.29, 1.82) is 0 Å². The molecule has 134 valence electrons. The van der Waals surface area contributed by atoms with E-state index >= 15 is 0 Å². The summed E-state index contributed by atoms with van der Waals surface area (Å²) in [4.78, 5) is 12.7. The van der Waals surface area contributed by atoms with Gasteiger partial charge in [-0.05, 0) is 50.8 Å². The molecule has 0 aromatic heterocycles. The summed E-state index contributed by atoms with van der Waals surface area (Å²) in [5, 5.41) is 3.07. The zero-order valence-electron chi connectivity index (χ0n) is 15.0. The second-order valence-electron chi connectivity index (χ2n) is 6.98.